The number of aromatic hydroxyl groups is 1. The van der Waals surface area contributed by atoms with Crippen LogP contribution in [0.3, 0.4) is 0 Å². The second kappa shape index (κ2) is 6.86. The van der Waals surface area contributed by atoms with E-state index in [0.717, 1.165) is 18.4 Å². The fraction of sp³-hybridized carbons (Fsp3) is 0.500. The van der Waals surface area contributed by atoms with Crippen LogP contribution in [-0.4, -0.2) is 5.11 Å². The quantitative estimate of drug-likeness (QED) is 0.646. The summed E-state index contributed by atoms with van der Waals surface area (Å²) >= 11 is 0. The highest BCUT2D eigenvalue weighted by Gasteiger charge is 2.39. The zero-order chi connectivity index (χ0) is 18.2. The van der Waals surface area contributed by atoms with Gasteiger partial charge in [0.25, 0.3) is 0 Å². The second-order valence-corrected chi connectivity index (χ2v) is 8.49. The highest BCUT2D eigenvalue weighted by Crippen LogP contribution is 2.53. The Balaban J connectivity index is 2.17. The molecule has 0 bridgehead atoms. The molecule has 25 heavy (non-hydrogen) atoms. The van der Waals surface area contributed by atoms with Crippen molar-refractivity contribution < 1.29 is 5.11 Å². The average molecular weight is 337 g/mol. The van der Waals surface area contributed by atoms with Gasteiger partial charge in [-0.05, 0) is 47.3 Å². The Morgan fingerprint density at radius 1 is 1.20 bits per heavy atom. The number of aryl methyl sites for hydroxylation is 1. The third kappa shape index (κ3) is 3.21. The van der Waals surface area contributed by atoms with Crippen LogP contribution in [0.5, 0.6) is 5.75 Å². The summed E-state index contributed by atoms with van der Waals surface area (Å²) in [5.41, 5.74) is 6.63. The Morgan fingerprint density at radius 2 is 1.88 bits per heavy atom. The summed E-state index contributed by atoms with van der Waals surface area (Å²) in [7, 11) is 0. The number of rotatable bonds is 5. The standard InChI is InChI=1S/C24H32O/c1-6-7-11-19-14-20(17(3)18-12-9-8-10-13-18)23(25)21-16(2)15-24(4,5)22(19)21/h8-10,12-14,16-17,25H,6-7,11,15H2,1-5H3. The largest absolute Gasteiger partial charge is 0.507 e. The molecule has 0 radical (unpaired) electrons. The van der Waals surface area contributed by atoms with Gasteiger partial charge in [-0.25, -0.2) is 0 Å². The van der Waals surface area contributed by atoms with Gasteiger partial charge < -0.3 is 5.11 Å². The van der Waals surface area contributed by atoms with Crippen LogP contribution in [0.1, 0.15) is 93.5 Å². The molecule has 2 unspecified atom stereocenters. The minimum atomic E-state index is 0.157. The molecule has 0 saturated heterocycles. The Morgan fingerprint density at radius 3 is 2.52 bits per heavy atom. The van der Waals surface area contributed by atoms with Crippen LogP contribution in [0.15, 0.2) is 36.4 Å². The number of unbranched alkanes of at least 4 members (excludes halogenated alkanes) is 1. The lowest BCUT2D eigenvalue weighted by atomic mass is 9.79. The van der Waals surface area contributed by atoms with Gasteiger partial charge in [0.1, 0.15) is 5.75 Å². The van der Waals surface area contributed by atoms with Gasteiger partial charge in [0.05, 0.1) is 0 Å². The van der Waals surface area contributed by atoms with E-state index >= 15 is 0 Å². The zero-order valence-corrected chi connectivity index (χ0v) is 16.4. The van der Waals surface area contributed by atoms with E-state index in [-0.39, 0.29) is 11.3 Å². The van der Waals surface area contributed by atoms with Crippen molar-refractivity contribution in [3.63, 3.8) is 0 Å². The van der Waals surface area contributed by atoms with Gasteiger partial charge in [-0.1, -0.05) is 77.4 Å². The first-order chi connectivity index (χ1) is 11.9. The summed E-state index contributed by atoms with van der Waals surface area (Å²) in [6.45, 7) is 11.4. The second-order valence-electron chi connectivity index (χ2n) is 8.49. The minimum Gasteiger partial charge on any atom is -0.507 e. The fourth-order valence-electron chi connectivity index (χ4n) is 4.84. The van der Waals surface area contributed by atoms with Gasteiger partial charge in [-0.3, -0.25) is 0 Å². The number of phenols is 1. The normalized spacial score (nSPS) is 19.6. The number of hydrogen-bond donors (Lipinski definition) is 1. The number of phenolic OH excluding ortho intramolecular Hbond substituents is 1. The molecule has 1 N–H and O–H groups in total. The lowest BCUT2D eigenvalue weighted by Gasteiger charge is -2.25. The summed E-state index contributed by atoms with van der Waals surface area (Å²) in [6, 6.07) is 12.9. The highest BCUT2D eigenvalue weighted by atomic mass is 16.3. The van der Waals surface area contributed by atoms with Gasteiger partial charge >= 0.3 is 0 Å². The van der Waals surface area contributed by atoms with Crippen LogP contribution in [0.2, 0.25) is 0 Å². The molecule has 1 heteroatoms. The maximum absolute atomic E-state index is 11.2. The Labute approximate surface area is 153 Å². The summed E-state index contributed by atoms with van der Waals surface area (Å²) < 4.78 is 0. The topological polar surface area (TPSA) is 20.2 Å². The van der Waals surface area contributed by atoms with Gasteiger partial charge in [0.2, 0.25) is 0 Å². The smallest absolute Gasteiger partial charge is 0.123 e. The molecule has 3 rings (SSSR count). The molecule has 134 valence electrons. The van der Waals surface area contributed by atoms with Crippen LogP contribution in [-0.2, 0) is 11.8 Å². The van der Waals surface area contributed by atoms with E-state index in [9.17, 15) is 5.11 Å². The maximum atomic E-state index is 11.2. The van der Waals surface area contributed by atoms with Crippen LogP contribution >= 0.6 is 0 Å². The predicted octanol–water partition coefficient (Wildman–Crippen LogP) is 6.67. The van der Waals surface area contributed by atoms with Crippen molar-refractivity contribution in [1.82, 2.24) is 0 Å². The van der Waals surface area contributed by atoms with Crippen molar-refractivity contribution >= 4 is 0 Å². The van der Waals surface area contributed by atoms with Crippen LogP contribution in [0, 0.1) is 0 Å². The molecule has 0 fully saturated rings. The Kier molecular flexibility index (Phi) is 4.95. The van der Waals surface area contributed by atoms with Crippen molar-refractivity contribution in [3.8, 4) is 5.75 Å². The van der Waals surface area contributed by atoms with Crippen LogP contribution in [0.25, 0.3) is 0 Å². The summed E-state index contributed by atoms with van der Waals surface area (Å²) in [4.78, 5) is 0. The van der Waals surface area contributed by atoms with E-state index in [1.165, 1.54) is 35.1 Å². The molecule has 1 aliphatic rings. The first-order valence-corrected chi connectivity index (χ1v) is 9.80. The van der Waals surface area contributed by atoms with Gasteiger partial charge in [-0.15, -0.1) is 0 Å². The third-order valence-electron chi connectivity index (χ3n) is 6.00. The van der Waals surface area contributed by atoms with E-state index in [4.69, 9.17) is 0 Å². The molecule has 2 aromatic carbocycles. The molecule has 0 aromatic heterocycles. The molecule has 0 amide bonds. The van der Waals surface area contributed by atoms with Crippen molar-refractivity contribution in [1.29, 1.82) is 0 Å². The zero-order valence-electron chi connectivity index (χ0n) is 16.4. The van der Waals surface area contributed by atoms with E-state index in [1.54, 1.807) is 0 Å². The molecule has 1 nitrogen and oxygen atoms in total. The van der Waals surface area contributed by atoms with E-state index in [2.05, 4.69) is 71.0 Å². The molecule has 0 aliphatic heterocycles. The maximum Gasteiger partial charge on any atom is 0.123 e. The van der Waals surface area contributed by atoms with Gasteiger partial charge in [0.15, 0.2) is 0 Å². The molecular weight excluding hydrogens is 304 g/mol. The average Bonchev–Trinajstić information content (AvgIpc) is 2.84. The summed E-state index contributed by atoms with van der Waals surface area (Å²) in [5.74, 6) is 1.18. The van der Waals surface area contributed by atoms with Crippen molar-refractivity contribution in [3.05, 3.63) is 64.2 Å². The highest BCUT2D eigenvalue weighted by molar-refractivity contribution is 5.59. The summed E-state index contributed by atoms with van der Waals surface area (Å²) in [6.07, 6.45) is 4.65. The lowest BCUT2D eigenvalue weighted by Crippen LogP contribution is -2.15. The molecular formula is C24H32O. The molecule has 2 aromatic rings. The molecule has 2 atom stereocenters. The van der Waals surface area contributed by atoms with Crippen molar-refractivity contribution in [2.24, 2.45) is 0 Å². The Hall–Kier alpha value is -1.76. The molecule has 0 heterocycles. The van der Waals surface area contributed by atoms with Gasteiger partial charge in [-0.2, -0.15) is 0 Å². The number of fused-ring (bicyclic) bond motifs is 1. The van der Waals surface area contributed by atoms with Crippen molar-refractivity contribution in [2.75, 3.05) is 0 Å². The molecule has 0 spiro atoms. The first-order valence-electron chi connectivity index (χ1n) is 9.80. The predicted molar refractivity (Wildman–Crippen MR) is 107 cm³/mol. The third-order valence-corrected chi connectivity index (χ3v) is 6.00. The monoisotopic (exact) mass is 336 g/mol. The van der Waals surface area contributed by atoms with Crippen LogP contribution < -0.4 is 0 Å². The van der Waals surface area contributed by atoms with Crippen molar-refractivity contribution in [2.45, 2.75) is 77.6 Å². The number of hydrogen-bond acceptors (Lipinski definition) is 1. The molecule has 1 aliphatic carbocycles. The van der Waals surface area contributed by atoms with E-state index < -0.39 is 0 Å². The lowest BCUT2D eigenvalue weighted by molar-refractivity contribution is 0.453. The SMILES string of the molecule is CCCCc1cc(C(C)c2ccccc2)c(O)c2c1C(C)(C)CC2C. The van der Waals surface area contributed by atoms with Crippen LogP contribution in [0.4, 0.5) is 0 Å². The van der Waals surface area contributed by atoms with E-state index in [0.29, 0.717) is 11.7 Å². The minimum absolute atomic E-state index is 0.157. The fourth-order valence-corrected chi connectivity index (χ4v) is 4.84. The number of benzene rings is 2. The molecule has 0 saturated carbocycles. The summed E-state index contributed by atoms with van der Waals surface area (Å²) in [5, 5.41) is 11.2. The Bertz CT molecular complexity index is 742. The first kappa shape index (κ1) is 18.0. The van der Waals surface area contributed by atoms with E-state index in [1.807, 2.05) is 0 Å². The van der Waals surface area contributed by atoms with Gasteiger partial charge in [0, 0.05) is 17.0 Å².